The van der Waals surface area contributed by atoms with Gasteiger partial charge < -0.3 is 10.6 Å². The van der Waals surface area contributed by atoms with Crippen LogP contribution in [0.5, 0.6) is 0 Å². The van der Waals surface area contributed by atoms with Crippen LogP contribution in [0.3, 0.4) is 0 Å². The molecule has 7 heteroatoms. The third kappa shape index (κ3) is 2.56. The molecule has 0 aromatic carbocycles. The highest BCUT2D eigenvalue weighted by Gasteiger charge is 2.16. The normalized spacial score (nSPS) is 11.1. The molecule has 2 heterocycles. The number of hydrogen-bond acceptors (Lipinski definition) is 5. The van der Waals surface area contributed by atoms with Crippen molar-refractivity contribution >= 4 is 28.7 Å². The summed E-state index contributed by atoms with van der Waals surface area (Å²) < 4.78 is 1.85. The minimum absolute atomic E-state index is 0.287. The van der Waals surface area contributed by atoms with Gasteiger partial charge in [0.2, 0.25) is 5.65 Å². The number of fused-ring (bicyclic) bond motifs is 1. The predicted octanol–water partition coefficient (Wildman–Crippen LogP) is 1.02. The number of anilines is 1. The summed E-state index contributed by atoms with van der Waals surface area (Å²) in [6, 6.07) is 0.287. The van der Waals surface area contributed by atoms with Crippen molar-refractivity contribution in [2.45, 2.75) is 26.3 Å². The summed E-state index contributed by atoms with van der Waals surface area (Å²) in [5.74, 6) is 0.807. The Kier molecular flexibility index (Phi) is 3.71. The van der Waals surface area contributed by atoms with E-state index in [2.05, 4.69) is 33.9 Å². The van der Waals surface area contributed by atoms with Gasteiger partial charge in [-0.2, -0.15) is 0 Å². The SMILES string of the molecule is CC(C)N(CCC(N)=S)c1nccn2cnnc12. The Bertz CT molecular complexity index is 549. The summed E-state index contributed by atoms with van der Waals surface area (Å²) in [5, 5.41) is 7.99. The van der Waals surface area contributed by atoms with Crippen LogP contribution >= 0.6 is 12.2 Å². The van der Waals surface area contributed by atoms with Gasteiger partial charge in [-0.05, 0) is 13.8 Å². The van der Waals surface area contributed by atoms with Gasteiger partial charge in [0.1, 0.15) is 6.33 Å². The van der Waals surface area contributed by atoms with Gasteiger partial charge in [0.25, 0.3) is 0 Å². The van der Waals surface area contributed by atoms with Crippen LogP contribution in [0, 0.1) is 0 Å². The second-order valence-corrected chi connectivity index (χ2v) is 4.84. The number of hydrogen-bond donors (Lipinski definition) is 1. The molecule has 6 nitrogen and oxygen atoms in total. The standard InChI is InChI=1S/C11H16N6S/c1-8(2)17(5-3-9(12)18)10-11-15-14-7-16(11)6-4-13-10/h4,6-8H,3,5H2,1-2H3,(H2,12,18). The molecule has 0 saturated heterocycles. The highest BCUT2D eigenvalue weighted by atomic mass is 32.1. The van der Waals surface area contributed by atoms with E-state index in [-0.39, 0.29) is 6.04 Å². The van der Waals surface area contributed by atoms with Gasteiger partial charge in [-0.1, -0.05) is 12.2 Å². The van der Waals surface area contributed by atoms with Gasteiger partial charge in [-0.3, -0.25) is 4.40 Å². The van der Waals surface area contributed by atoms with Crippen molar-refractivity contribution < 1.29 is 0 Å². The van der Waals surface area contributed by atoms with E-state index in [1.54, 1.807) is 12.5 Å². The third-order valence-corrected chi connectivity index (χ3v) is 2.90. The van der Waals surface area contributed by atoms with Crippen molar-refractivity contribution in [1.29, 1.82) is 0 Å². The fraction of sp³-hybridized carbons (Fsp3) is 0.455. The maximum atomic E-state index is 5.56. The van der Waals surface area contributed by atoms with Crippen LogP contribution in [0.1, 0.15) is 20.3 Å². The molecule has 0 atom stereocenters. The van der Waals surface area contributed by atoms with E-state index < -0.39 is 0 Å². The Morgan fingerprint density at radius 2 is 2.33 bits per heavy atom. The number of thiocarbonyl (C=S) groups is 1. The smallest absolute Gasteiger partial charge is 0.203 e. The third-order valence-electron chi connectivity index (χ3n) is 2.69. The van der Waals surface area contributed by atoms with E-state index in [0.717, 1.165) is 18.0 Å². The topological polar surface area (TPSA) is 72.3 Å². The lowest BCUT2D eigenvalue weighted by atomic mass is 10.3. The molecule has 2 rings (SSSR count). The maximum absolute atomic E-state index is 5.56. The molecule has 18 heavy (non-hydrogen) atoms. The van der Waals surface area contributed by atoms with Crippen LogP contribution in [0.15, 0.2) is 18.7 Å². The Morgan fingerprint density at radius 3 is 3.00 bits per heavy atom. The van der Waals surface area contributed by atoms with Gasteiger partial charge in [0.05, 0.1) is 4.99 Å². The predicted molar refractivity (Wildman–Crippen MR) is 74.7 cm³/mol. The van der Waals surface area contributed by atoms with Crippen molar-refractivity contribution in [3.05, 3.63) is 18.7 Å². The molecule has 0 aliphatic carbocycles. The van der Waals surface area contributed by atoms with E-state index in [1.165, 1.54) is 0 Å². The first-order valence-electron chi connectivity index (χ1n) is 5.79. The van der Waals surface area contributed by atoms with E-state index in [0.29, 0.717) is 11.4 Å². The molecule has 0 spiro atoms. The van der Waals surface area contributed by atoms with Crippen LogP contribution in [-0.4, -0.2) is 37.2 Å². The summed E-state index contributed by atoms with van der Waals surface area (Å²) in [4.78, 5) is 7.03. The molecule has 2 N–H and O–H groups in total. The average Bonchev–Trinajstić information content (AvgIpc) is 2.77. The van der Waals surface area contributed by atoms with Crippen molar-refractivity contribution in [3.8, 4) is 0 Å². The van der Waals surface area contributed by atoms with Gasteiger partial charge in [-0.15, -0.1) is 10.2 Å². The van der Waals surface area contributed by atoms with Gasteiger partial charge in [0, 0.05) is 31.4 Å². The molecule has 0 aliphatic rings. The number of rotatable bonds is 5. The molecule has 0 unspecified atom stereocenters. The van der Waals surface area contributed by atoms with Gasteiger partial charge in [0.15, 0.2) is 5.82 Å². The highest BCUT2D eigenvalue weighted by Crippen LogP contribution is 2.18. The fourth-order valence-electron chi connectivity index (χ4n) is 1.79. The summed E-state index contributed by atoms with van der Waals surface area (Å²) in [5.41, 5.74) is 6.31. The summed E-state index contributed by atoms with van der Waals surface area (Å²) in [7, 11) is 0. The van der Waals surface area contributed by atoms with E-state index in [9.17, 15) is 0 Å². The molecule has 0 amide bonds. The van der Waals surface area contributed by atoms with E-state index in [4.69, 9.17) is 18.0 Å². The zero-order valence-electron chi connectivity index (χ0n) is 10.4. The van der Waals surface area contributed by atoms with E-state index >= 15 is 0 Å². The Hall–Kier alpha value is -1.76. The monoisotopic (exact) mass is 264 g/mol. The first kappa shape index (κ1) is 12.7. The van der Waals surface area contributed by atoms with Crippen LogP contribution < -0.4 is 10.6 Å². The summed E-state index contributed by atoms with van der Waals surface area (Å²) >= 11 is 4.93. The highest BCUT2D eigenvalue weighted by molar-refractivity contribution is 7.80. The number of aromatic nitrogens is 4. The summed E-state index contributed by atoms with van der Waals surface area (Å²) in [6.45, 7) is 4.93. The number of nitrogens with zero attached hydrogens (tertiary/aromatic N) is 5. The molecule has 0 radical (unpaired) electrons. The molecular formula is C11H16N6S. The number of nitrogens with two attached hydrogens (primary N) is 1. The van der Waals surface area contributed by atoms with Crippen LogP contribution in [0.25, 0.3) is 5.65 Å². The van der Waals surface area contributed by atoms with Gasteiger partial charge in [-0.25, -0.2) is 4.98 Å². The largest absolute Gasteiger partial charge is 0.393 e. The molecule has 0 saturated carbocycles. The minimum Gasteiger partial charge on any atom is -0.393 e. The van der Waals surface area contributed by atoms with Crippen LogP contribution in [0.4, 0.5) is 5.82 Å². The van der Waals surface area contributed by atoms with Crippen molar-refractivity contribution in [2.24, 2.45) is 5.73 Å². The lowest BCUT2D eigenvalue weighted by Gasteiger charge is -2.27. The van der Waals surface area contributed by atoms with Gasteiger partial charge >= 0.3 is 0 Å². The molecular weight excluding hydrogens is 248 g/mol. The average molecular weight is 264 g/mol. The fourth-order valence-corrected chi connectivity index (χ4v) is 1.88. The first-order valence-corrected chi connectivity index (χ1v) is 6.19. The first-order chi connectivity index (χ1) is 8.59. The van der Waals surface area contributed by atoms with Crippen molar-refractivity contribution in [3.63, 3.8) is 0 Å². The minimum atomic E-state index is 0.287. The quantitative estimate of drug-likeness (QED) is 0.813. The lowest BCUT2D eigenvalue weighted by Crippen LogP contribution is -2.34. The Balaban J connectivity index is 2.35. The van der Waals surface area contributed by atoms with E-state index in [1.807, 2.05) is 10.6 Å². The molecule has 0 fully saturated rings. The zero-order chi connectivity index (χ0) is 13.1. The van der Waals surface area contributed by atoms with Crippen LogP contribution in [-0.2, 0) is 0 Å². The summed E-state index contributed by atoms with van der Waals surface area (Å²) in [6.07, 6.45) is 5.88. The molecule has 2 aromatic rings. The Morgan fingerprint density at radius 1 is 1.56 bits per heavy atom. The Labute approximate surface area is 111 Å². The lowest BCUT2D eigenvalue weighted by molar-refractivity contribution is 0.681. The van der Waals surface area contributed by atoms with Crippen molar-refractivity contribution in [1.82, 2.24) is 19.6 Å². The zero-order valence-corrected chi connectivity index (χ0v) is 11.3. The molecule has 96 valence electrons. The molecule has 0 aliphatic heterocycles. The molecule has 0 bridgehead atoms. The van der Waals surface area contributed by atoms with Crippen LogP contribution in [0.2, 0.25) is 0 Å². The second-order valence-electron chi connectivity index (χ2n) is 4.32. The second kappa shape index (κ2) is 5.26. The maximum Gasteiger partial charge on any atom is 0.203 e. The van der Waals surface area contributed by atoms with Crippen molar-refractivity contribution in [2.75, 3.05) is 11.4 Å². The molecule has 2 aromatic heterocycles.